The van der Waals surface area contributed by atoms with E-state index in [4.69, 9.17) is 4.74 Å². The van der Waals surface area contributed by atoms with Crippen LogP contribution in [-0.4, -0.2) is 26.3 Å². The minimum Gasteiger partial charge on any atom is -0.381 e. The van der Waals surface area contributed by atoms with Gasteiger partial charge in [-0.2, -0.15) is 0 Å². The molecule has 2 atom stereocenters. The van der Waals surface area contributed by atoms with E-state index in [1.54, 1.807) is 0 Å². The second-order valence-corrected chi connectivity index (χ2v) is 3.31. The molecule has 0 aromatic carbocycles. The molecule has 1 rings (SSSR count). The van der Waals surface area contributed by atoms with Gasteiger partial charge in [0, 0.05) is 20.2 Å². The summed E-state index contributed by atoms with van der Waals surface area (Å²) in [4.78, 5) is 0. The third-order valence-corrected chi connectivity index (χ3v) is 2.33. The number of hydrogen-bond donors (Lipinski definition) is 1. The molecule has 0 saturated carbocycles. The van der Waals surface area contributed by atoms with E-state index in [-0.39, 0.29) is 0 Å². The standard InChI is InChI=1S/C8H17NO/c1-6-4-9-5-7(2)8(6)10-3/h6-9H,4-5H2,1-3H3. The Morgan fingerprint density at radius 3 is 2.00 bits per heavy atom. The third kappa shape index (κ3) is 1.50. The van der Waals surface area contributed by atoms with Gasteiger partial charge in [0.1, 0.15) is 0 Å². The molecule has 1 fully saturated rings. The van der Waals surface area contributed by atoms with Crippen molar-refractivity contribution < 1.29 is 4.74 Å². The minimum atomic E-state index is 0.459. The van der Waals surface area contributed by atoms with E-state index in [0.29, 0.717) is 17.9 Å². The zero-order valence-corrected chi connectivity index (χ0v) is 7.05. The summed E-state index contributed by atoms with van der Waals surface area (Å²) in [6, 6.07) is 0. The number of piperidine rings is 1. The molecule has 0 aromatic heterocycles. The number of nitrogens with one attached hydrogen (secondary N) is 1. The van der Waals surface area contributed by atoms with Crippen LogP contribution in [0, 0.1) is 11.8 Å². The highest BCUT2D eigenvalue weighted by molar-refractivity contribution is 4.80. The summed E-state index contributed by atoms with van der Waals surface area (Å²) in [7, 11) is 1.81. The average molecular weight is 143 g/mol. The summed E-state index contributed by atoms with van der Waals surface area (Å²) >= 11 is 0. The van der Waals surface area contributed by atoms with Gasteiger partial charge in [-0.3, -0.25) is 0 Å². The maximum absolute atomic E-state index is 5.38. The van der Waals surface area contributed by atoms with Crippen LogP contribution in [0.15, 0.2) is 0 Å². The molecule has 0 amide bonds. The van der Waals surface area contributed by atoms with Gasteiger partial charge in [0.25, 0.3) is 0 Å². The van der Waals surface area contributed by atoms with Crippen molar-refractivity contribution in [3.63, 3.8) is 0 Å². The van der Waals surface area contributed by atoms with Crippen molar-refractivity contribution in [2.45, 2.75) is 20.0 Å². The number of ether oxygens (including phenoxy) is 1. The van der Waals surface area contributed by atoms with Gasteiger partial charge in [-0.1, -0.05) is 13.8 Å². The average Bonchev–Trinajstić information content (AvgIpc) is 1.88. The van der Waals surface area contributed by atoms with E-state index >= 15 is 0 Å². The van der Waals surface area contributed by atoms with Crippen LogP contribution in [0.5, 0.6) is 0 Å². The van der Waals surface area contributed by atoms with Crippen LogP contribution >= 0.6 is 0 Å². The van der Waals surface area contributed by atoms with Crippen LogP contribution in [0.25, 0.3) is 0 Å². The smallest absolute Gasteiger partial charge is 0.0646 e. The molecule has 1 N–H and O–H groups in total. The van der Waals surface area contributed by atoms with Crippen LogP contribution in [0.3, 0.4) is 0 Å². The molecule has 1 aliphatic heterocycles. The van der Waals surface area contributed by atoms with E-state index in [1.165, 1.54) is 0 Å². The monoisotopic (exact) mass is 143 g/mol. The quantitative estimate of drug-likeness (QED) is 0.588. The second-order valence-electron chi connectivity index (χ2n) is 3.31. The Labute approximate surface area is 63.0 Å². The Kier molecular flexibility index (Phi) is 2.69. The molecule has 1 heterocycles. The molecule has 1 saturated heterocycles. The zero-order valence-electron chi connectivity index (χ0n) is 7.05. The fourth-order valence-corrected chi connectivity index (χ4v) is 1.80. The van der Waals surface area contributed by atoms with Gasteiger partial charge in [-0.15, -0.1) is 0 Å². The van der Waals surface area contributed by atoms with Crippen LogP contribution in [-0.2, 0) is 4.74 Å². The van der Waals surface area contributed by atoms with Gasteiger partial charge in [-0.05, 0) is 11.8 Å². The first kappa shape index (κ1) is 8.02. The van der Waals surface area contributed by atoms with Gasteiger partial charge in [-0.25, -0.2) is 0 Å². The highest BCUT2D eigenvalue weighted by atomic mass is 16.5. The van der Waals surface area contributed by atoms with Gasteiger partial charge in [0.15, 0.2) is 0 Å². The largest absolute Gasteiger partial charge is 0.381 e. The molecule has 2 nitrogen and oxygen atoms in total. The van der Waals surface area contributed by atoms with E-state index in [0.717, 1.165) is 13.1 Å². The molecule has 2 heteroatoms. The molecule has 0 bridgehead atoms. The first-order chi connectivity index (χ1) is 4.75. The maximum atomic E-state index is 5.38. The van der Waals surface area contributed by atoms with E-state index in [9.17, 15) is 0 Å². The van der Waals surface area contributed by atoms with Crippen LogP contribution < -0.4 is 5.32 Å². The Balaban J connectivity index is 2.45. The molecular weight excluding hydrogens is 126 g/mol. The van der Waals surface area contributed by atoms with E-state index < -0.39 is 0 Å². The van der Waals surface area contributed by atoms with Crippen molar-refractivity contribution in [2.75, 3.05) is 20.2 Å². The number of methoxy groups -OCH3 is 1. The summed E-state index contributed by atoms with van der Waals surface area (Å²) in [6.07, 6.45) is 0.459. The van der Waals surface area contributed by atoms with Gasteiger partial charge in [0.05, 0.1) is 6.10 Å². The third-order valence-electron chi connectivity index (χ3n) is 2.33. The van der Waals surface area contributed by atoms with Gasteiger partial charge >= 0.3 is 0 Å². The number of hydrogen-bond acceptors (Lipinski definition) is 2. The van der Waals surface area contributed by atoms with Gasteiger partial charge < -0.3 is 10.1 Å². The van der Waals surface area contributed by atoms with E-state index in [1.807, 2.05) is 7.11 Å². The first-order valence-electron chi connectivity index (χ1n) is 3.99. The Morgan fingerprint density at radius 1 is 1.20 bits per heavy atom. The highest BCUT2D eigenvalue weighted by Crippen LogP contribution is 2.18. The van der Waals surface area contributed by atoms with Crippen molar-refractivity contribution in [2.24, 2.45) is 11.8 Å². The van der Waals surface area contributed by atoms with Crippen molar-refractivity contribution in [1.82, 2.24) is 5.32 Å². The molecule has 0 radical (unpaired) electrons. The van der Waals surface area contributed by atoms with Crippen molar-refractivity contribution >= 4 is 0 Å². The summed E-state index contributed by atoms with van der Waals surface area (Å²) < 4.78 is 5.38. The predicted octanol–water partition coefficient (Wildman–Crippen LogP) is 0.877. The number of rotatable bonds is 1. The lowest BCUT2D eigenvalue weighted by atomic mass is 9.90. The summed E-state index contributed by atoms with van der Waals surface area (Å²) in [6.45, 7) is 6.67. The molecular formula is C8H17NO. The van der Waals surface area contributed by atoms with E-state index in [2.05, 4.69) is 19.2 Å². The molecule has 0 aliphatic carbocycles. The highest BCUT2D eigenvalue weighted by Gasteiger charge is 2.26. The topological polar surface area (TPSA) is 21.3 Å². The summed E-state index contributed by atoms with van der Waals surface area (Å²) in [5.74, 6) is 1.32. The fourth-order valence-electron chi connectivity index (χ4n) is 1.80. The molecule has 0 spiro atoms. The predicted molar refractivity (Wildman–Crippen MR) is 42.0 cm³/mol. The summed E-state index contributed by atoms with van der Waals surface area (Å²) in [5.41, 5.74) is 0. The second kappa shape index (κ2) is 3.35. The Morgan fingerprint density at radius 2 is 1.70 bits per heavy atom. The van der Waals surface area contributed by atoms with Crippen molar-refractivity contribution in [3.8, 4) is 0 Å². The molecule has 2 unspecified atom stereocenters. The Bertz CT molecular complexity index is 95.4. The van der Waals surface area contributed by atoms with Crippen LogP contribution in [0.1, 0.15) is 13.8 Å². The van der Waals surface area contributed by atoms with Crippen molar-refractivity contribution in [3.05, 3.63) is 0 Å². The first-order valence-corrected chi connectivity index (χ1v) is 3.99. The SMILES string of the molecule is COC1C(C)CNCC1C. The normalized spacial score (nSPS) is 41.7. The lowest BCUT2D eigenvalue weighted by molar-refractivity contribution is 0.00126. The van der Waals surface area contributed by atoms with Crippen LogP contribution in [0.4, 0.5) is 0 Å². The minimum absolute atomic E-state index is 0.459. The molecule has 10 heavy (non-hydrogen) atoms. The van der Waals surface area contributed by atoms with Crippen LogP contribution in [0.2, 0.25) is 0 Å². The molecule has 1 aliphatic rings. The Hall–Kier alpha value is -0.0800. The zero-order chi connectivity index (χ0) is 7.56. The lowest BCUT2D eigenvalue weighted by Crippen LogP contribution is -2.45. The lowest BCUT2D eigenvalue weighted by Gasteiger charge is -2.33. The fraction of sp³-hybridized carbons (Fsp3) is 1.00. The maximum Gasteiger partial charge on any atom is 0.0646 e. The van der Waals surface area contributed by atoms with Crippen molar-refractivity contribution in [1.29, 1.82) is 0 Å². The molecule has 60 valence electrons. The summed E-state index contributed by atoms with van der Waals surface area (Å²) in [5, 5.41) is 3.37. The molecule has 0 aromatic rings. The van der Waals surface area contributed by atoms with Gasteiger partial charge in [0.2, 0.25) is 0 Å².